The summed E-state index contributed by atoms with van der Waals surface area (Å²) in [5, 5.41) is 3.31. The Morgan fingerprint density at radius 3 is 2.23 bits per heavy atom. The third-order valence-corrected chi connectivity index (χ3v) is 9.67. The van der Waals surface area contributed by atoms with Crippen LogP contribution in [-0.2, 0) is 16.4 Å². The molecule has 1 N–H and O–H groups in total. The van der Waals surface area contributed by atoms with Gasteiger partial charge in [0.2, 0.25) is 10.0 Å². The van der Waals surface area contributed by atoms with Crippen molar-refractivity contribution in [3.63, 3.8) is 0 Å². The van der Waals surface area contributed by atoms with Gasteiger partial charge < -0.3 is 10.1 Å². The molecule has 6 nitrogen and oxygen atoms in total. The summed E-state index contributed by atoms with van der Waals surface area (Å²) in [7, 11) is -3.61. The minimum Gasteiger partial charge on any atom is -0.490 e. The average molecular weight is 604 g/mol. The van der Waals surface area contributed by atoms with Gasteiger partial charge in [-0.3, -0.25) is 4.79 Å². The van der Waals surface area contributed by atoms with Gasteiger partial charge >= 0.3 is 0 Å². The molecule has 1 saturated heterocycles. The van der Waals surface area contributed by atoms with Gasteiger partial charge in [0.25, 0.3) is 5.91 Å². The van der Waals surface area contributed by atoms with Crippen LogP contribution in [-0.4, -0.2) is 38.3 Å². The van der Waals surface area contributed by atoms with E-state index in [0.29, 0.717) is 37.1 Å². The van der Waals surface area contributed by atoms with Crippen LogP contribution in [0.25, 0.3) is 0 Å². The monoisotopic (exact) mass is 602 g/mol. The van der Waals surface area contributed by atoms with Gasteiger partial charge in [-0.2, -0.15) is 4.31 Å². The van der Waals surface area contributed by atoms with Crippen LogP contribution >= 0.6 is 23.2 Å². The number of unbranched alkanes of at least 4 members (excludes halogenated alkanes) is 3. The SMILES string of the molecule is CCCCCCOc1c(Cl)cc(C(=O)Nc2ccc(S(=O)(=O)N3CCC(Cc4ccccc4)CC3)cc2)cc1Cl. The van der Waals surface area contributed by atoms with Crippen LogP contribution in [0.1, 0.15) is 61.4 Å². The molecule has 1 amide bonds. The van der Waals surface area contributed by atoms with Crippen LogP contribution in [0.5, 0.6) is 5.75 Å². The molecule has 1 aliphatic rings. The molecule has 0 saturated carbocycles. The second-order valence-corrected chi connectivity index (χ2v) is 12.9. The fourth-order valence-electron chi connectivity index (χ4n) is 4.90. The highest BCUT2D eigenvalue weighted by Crippen LogP contribution is 2.35. The van der Waals surface area contributed by atoms with E-state index in [-0.39, 0.29) is 20.5 Å². The number of nitrogens with one attached hydrogen (secondary N) is 1. The summed E-state index contributed by atoms with van der Waals surface area (Å²) in [5.41, 5.74) is 2.03. The van der Waals surface area contributed by atoms with Crippen LogP contribution in [0.4, 0.5) is 5.69 Å². The number of hydrogen-bond donors (Lipinski definition) is 1. The summed E-state index contributed by atoms with van der Waals surface area (Å²) < 4.78 is 33.8. The van der Waals surface area contributed by atoms with E-state index in [2.05, 4.69) is 24.4 Å². The summed E-state index contributed by atoms with van der Waals surface area (Å²) in [6, 6.07) is 19.6. The number of sulfonamides is 1. The van der Waals surface area contributed by atoms with Crippen molar-refractivity contribution >= 4 is 44.8 Å². The van der Waals surface area contributed by atoms with Gasteiger partial charge in [-0.05, 0) is 73.6 Å². The van der Waals surface area contributed by atoms with Crippen molar-refractivity contribution in [2.24, 2.45) is 5.92 Å². The first-order chi connectivity index (χ1) is 19.3. The molecular weight excluding hydrogens is 567 g/mol. The summed E-state index contributed by atoms with van der Waals surface area (Å²) in [5.74, 6) is 0.435. The van der Waals surface area contributed by atoms with Crippen LogP contribution in [0.15, 0.2) is 71.6 Å². The first kappa shape index (κ1) is 30.4. The Hall–Kier alpha value is -2.58. The predicted molar refractivity (Wildman–Crippen MR) is 162 cm³/mol. The predicted octanol–water partition coefficient (Wildman–Crippen LogP) is 7.85. The highest BCUT2D eigenvalue weighted by atomic mass is 35.5. The topological polar surface area (TPSA) is 75.7 Å². The Kier molecular flexibility index (Phi) is 10.9. The minimum absolute atomic E-state index is 0.207. The molecule has 0 spiro atoms. The fourth-order valence-corrected chi connectivity index (χ4v) is 6.96. The van der Waals surface area contributed by atoms with Gasteiger partial charge in [0, 0.05) is 24.3 Å². The zero-order valence-corrected chi connectivity index (χ0v) is 25.1. The molecule has 1 heterocycles. The Morgan fingerprint density at radius 2 is 1.60 bits per heavy atom. The van der Waals surface area contributed by atoms with Crippen LogP contribution in [0.3, 0.4) is 0 Å². The lowest BCUT2D eigenvalue weighted by Crippen LogP contribution is -2.38. The third-order valence-electron chi connectivity index (χ3n) is 7.20. The number of hydrogen-bond acceptors (Lipinski definition) is 4. The molecule has 214 valence electrons. The zero-order valence-electron chi connectivity index (χ0n) is 22.7. The van der Waals surface area contributed by atoms with Crippen molar-refractivity contribution in [2.75, 3.05) is 25.0 Å². The molecule has 0 atom stereocenters. The number of amides is 1. The van der Waals surface area contributed by atoms with Crippen molar-refractivity contribution in [2.45, 2.75) is 56.8 Å². The third kappa shape index (κ3) is 8.00. The van der Waals surface area contributed by atoms with Crippen molar-refractivity contribution in [1.29, 1.82) is 0 Å². The number of anilines is 1. The quantitative estimate of drug-likeness (QED) is 0.214. The Balaban J connectivity index is 1.32. The van der Waals surface area contributed by atoms with Gasteiger partial charge in [-0.1, -0.05) is 79.7 Å². The summed E-state index contributed by atoms with van der Waals surface area (Å²) in [6.07, 6.45) is 6.88. The van der Waals surface area contributed by atoms with Crippen molar-refractivity contribution in [3.8, 4) is 5.75 Å². The lowest BCUT2D eigenvalue weighted by atomic mass is 9.91. The first-order valence-corrected chi connectivity index (χ1v) is 16.0. The highest BCUT2D eigenvalue weighted by Gasteiger charge is 2.29. The molecule has 9 heteroatoms. The normalized spacial score (nSPS) is 14.7. The van der Waals surface area contributed by atoms with E-state index >= 15 is 0 Å². The van der Waals surface area contributed by atoms with Crippen molar-refractivity contribution < 1.29 is 17.9 Å². The molecular formula is C31H36Cl2N2O4S. The van der Waals surface area contributed by atoms with E-state index in [4.69, 9.17) is 27.9 Å². The van der Waals surface area contributed by atoms with Crippen molar-refractivity contribution in [3.05, 3.63) is 87.9 Å². The Labute approximate surface area is 247 Å². The number of rotatable bonds is 12. The Bertz CT molecular complexity index is 1350. The standard InChI is InChI=1S/C31H36Cl2N2O4S/c1-2-3-4-8-19-39-30-28(32)21-25(22-29(30)33)31(36)34-26-11-13-27(14-12-26)40(37,38)35-17-15-24(16-18-35)20-23-9-6-5-7-10-23/h5-7,9-14,21-22,24H,2-4,8,15-20H2,1H3,(H,34,36). The first-order valence-electron chi connectivity index (χ1n) is 13.8. The lowest BCUT2D eigenvalue weighted by Gasteiger charge is -2.31. The van der Waals surface area contributed by atoms with Crippen LogP contribution < -0.4 is 10.1 Å². The summed E-state index contributed by atoms with van der Waals surface area (Å²) in [6.45, 7) is 3.65. The number of piperidine rings is 1. The molecule has 3 aromatic carbocycles. The van der Waals surface area contributed by atoms with Crippen molar-refractivity contribution in [1.82, 2.24) is 4.31 Å². The zero-order chi connectivity index (χ0) is 28.5. The van der Waals surface area contributed by atoms with Gasteiger partial charge in [0.05, 0.1) is 21.5 Å². The van der Waals surface area contributed by atoms with E-state index in [1.165, 1.54) is 29.8 Å². The molecule has 4 rings (SSSR count). The number of carbonyl (C=O) groups excluding carboxylic acids is 1. The highest BCUT2D eigenvalue weighted by molar-refractivity contribution is 7.89. The number of halogens is 2. The molecule has 40 heavy (non-hydrogen) atoms. The van der Waals surface area contributed by atoms with Gasteiger partial charge in [0.15, 0.2) is 5.75 Å². The maximum absolute atomic E-state index is 13.2. The summed E-state index contributed by atoms with van der Waals surface area (Å²) >= 11 is 12.7. The van der Waals surface area contributed by atoms with E-state index in [0.717, 1.165) is 44.9 Å². The minimum atomic E-state index is -3.61. The van der Waals surface area contributed by atoms with E-state index in [1.807, 2.05) is 18.2 Å². The largest absolute Gasteiger partial charge is 0.490 e. The number of nitrogens with zero attached hydrogens (tertiary/aromatic N) is 1. The van der Waals surface area contributed by atoms with Gasteiger partial charge in [0.1, 0.15) is 0 Å². The van der Waals surface area contributed by atoms with E-state index < -0.39 is 15.9 Å². The van der Waals surface area contributed by atoms with E-state index in [1.54, 1.807) is 16.4 Å². The van der Waals surface area contributed by atoms with Crippen LogP contribution in [0.2, 0.25) is 10.0 Å². The van der Waals surface area contributed by atoms with Gasteiger partial charge in [-0.15, -0.1) is 0 Å². The fraction of sp³-hybridized carbons (Fsp3) is 0.387. The molecule has 0 radical (unpaired) electrons. The van der Waals surface area contributed by atoms with Crippen LogP contribution in [0, 0.1) is 5.92 Å². The summed E-state index contributed by atoms with van der Waals surface area (Å²) in [4.78, 5) is 13.1. The molecule has 0 bridgehead atoms. The number of benzene rings is 3. The average Bonchev–Trinajstić information content (AvgIpc) is 2.95. The maximum atomic E-state index is 13.2. The number of ether oxygens (including phenoxy) is 1. The molecule has 0 aliphatic carbocycles. The Morgan fingerprint density at radius 1 is 0.950 bits per heavy atom. The second kappa shape index (κ2) is 14.4. The smallest absolute Gasteiger partial charge is 0.255 e. The number of carbonyl (C=O) groups is 1. The molecule has 1 fully saturated rings. The molecule has 0 aromatic heterocycles. The molecule has 3 aromatic rings. The van der Waals surface area contributed by atoms with E-state index in [9.17, 15) is 13.2 Å². The van der Waals surface area contributed by atoms with Gasteiger partial charge in [-0.25, -0.2) is 8.42 Å². The molecule has 0 unspecified atom stereocenters. The molecule has 1 aliphatic heterocycles. The lowest BCUT2D eigenvalue weighted by molar-refractivity contribution is 0.102. The maximum Gasteiger partial charge on any atom is 0.255 e. The second-order valence-electron chi connectivity index (χ2n) is 10.2.